The van der Waals surface area contributed by atoms with E-state index in [1.165, 1.54) is 13.4 Å². The number of ether oxygens (including phenoxy) is 2. The molecule has 1 atom stereocenters. The summed E-state index contributed by atoms with van der Waals surface area (Å²) in [6, 6.07) is 12.4. The van der Waals surface area contributed by atoms with Gasteiger partial charge in [0.1, 0.15) is 5.75 Å². The van der Waals surface area contributed by atoms with Gasteiger partial charge in [-0.15, -0.1) is 0 Å². The van der Waals surface area contributed by atoms with Crippen LogP contribution in [0.2, 0.25) is 0 Å². The molecule has 1 aliphatic rings. The Labute approximate surface area is 198 Å². The number of hydrogen-bond acceptors (Lipinski definition) is 6. The number of fused-ring (bicyclic) bond motifs is 3. The summed E-state index contributed by atoms with van der Waals surface area (Å²) >= 11 is 0. The van der Waals surface area contributed by atoms with Crippen molar-refractivity contribution in [3.05, 3.63) is 59.3 Å². The van der Waals surface area contributed by atoms with Gasteiger partial charge in [0, 0.05) is 23.9 Å². The van der Waals surface area contributed by atoms with Crippen LogP contribution in [0.15, 0.2) is 47.4 Å². The third-order valence-electron chi connectivity index (χ3n) is 6.32. The lowest BCUT2D eigenvalue weighted by Gasteiger charge is -2.15. The third-order valence-corrected chi connectivity index (χ3v) is 7.52. The van der Waals surface area contributed by atoms with E-state index in [1.54, 1.807) is 24.3 Å². The van der Waals surface area contributed by atoms with Crippen LogP contribution in [0, 0.1) is 0 Å². The maximum absolute atomic E-state index is 12.5. The molecule has 1 heterocycles. The molecule has 1 aliphatic carbocycles. The molecule has 1 unspecified atom stereocenters. The summed E-state index contributed by atoms with van der Waals surface area (Å²) in [5.74, 6) is -0.978. The Morgan fingerprint density at radius 2 is 1.88 bits per heavy atom. The lowest BCUT2D eigenvalue weighted by atomic mass is 9.92. The molecule has 0 saturated carbocycles. The molecule has 34 heavy (non-hydrogen) atoms. The van der Waals surface area contributed by atoms with Gasteiger partial charge in [0.05, 0.1) is 23.4 Å². The minimum Gasteiger partial charge on any atom is -0.481 e. The van der Waals surface area contributed by atoms with Gasteiger partial charge in [-0.3, -0.25) is 4.79 Å². The summed E-state index contributed by atoms with van der Waals surface area (Å²) in [7, 11) is -2.15. The Kier molecular flexibility index (Phi) is 6.65. The van der Waals surface area contributed by atoms with Gasteiger partial charge in [-0.25, -0.2) is 13.2 Å². The highest BCUT2D eigenvalue weighted by Crippen LogP contribution is 2.42. The molecule has 0 saturated heterocycles. The molecule has 180 valence electrons. The van der Waals surface area contributed by atoms with Crippen molar-refractivity contribution in [1.29, 1.82) is 0 Å². The average Bonchev–Trinajstić information content (AvgIpc) is 2.95. The van der Waals surface area contributed by atoms with Crippen molar-refractivity contribution in [2.75, 3.05) is 20.0 Å². The summed E-state index contributed by atoms with van der Waals surface area (Å²) in [6.07, 6.45) is 4.24. The number of amides is 1. The molecular formula is C25H28N2O6S. The molecule has 1 amide bonds. The Morgan fingerprint density at radius 1 is 1.12 bits per heavy atom. The molecule has 0 fully saturated rings. The van der Waals surface area contributed by atoms with Crippen LogP contribution in [0.25, 0.3) is 10.9 Å². The smallest absolute Gasteiger partial charge is 0.343 e. The molecule has 1 aromatic heterocycles. The monoisotopic (exact) mass is 484 g/mol. The second-order valence-electron chi connectivity index (χ2n) is 8.54. The highest BCUT2D eigenvalue weighted by atomic mass is 32.2. The van der Waals surface area contributed by atoms with E-state index in [4.69, 9.17) is 15.2 Å². The van der Waals surface area contributed by atoms with E-state index < -0.39 is 27.6 Å². The van der Waals surface area contributed by atoms with Crippen LogP contribution < -0.4 is 10.5 Å². The van der Waals surface area contributed by atoms with Gasteiger partial charge in [-0.1, -0.05) is 30.7 Å². The molecule has 0 radical (unpaired) electrons. The zero-order chi connectivity index (χ0) is 24.5. The fraction of sp³-hybridized carbons (Fsp3) is 0.360. The van der Waals surface area contributed by atoms with E-state index in [0.717, 1.165) is 35.0 Å². The standard InChI is InChI=1S/C25H28N2O6S/c1-32-22(28)15-33-20-12-7-11-19-24(20)23-17(25(26)29)9-4-5-10-18(23)27(19)14-16-8-3-6-13-21(16)34(2,30)31/h3,6-8,11-13,17H,4-5,9-10,14-15H2,1-2H3,(H2,26,29). The number of primary amides is 1. The maximum Gasteiger partial charge on any atom is 0.343 e. The predicted molar refractivity (Wildman–Crippen MR) is 128 cm³/mol. The first-order valence-corrected chi connectivity index (χ1v) is 13.0. The fourth-order valence-electron chi connectivity index (χ4n) is 4.83. The summed E-state index contributed by atoms with van der Waals surface area (Å²) in [5.41, 5.74) is 9.03. The highest BCUT2D eigenvalue weighted by Gasteiger charge is 2.31. The van der Waals surface area contributed by atoms with E-state index >= 15 is 0 Å². The Bertz CT molecular complexity index is 1360. The van der Waals surface area contributed by atoms with Crippen LogP contribution in [0.1, 0.15) is 42.0 Å². The molecule has 0 aliphatic heterocycles. The van der Waals surface area contributed by atoms with Crippen molar-refractivity contribution < 1.29 is 27.5 Å². The van der Waals surface area contributed by atoms with E-state index in [-0.39, 0.29) is 11.5 Å². The topological polar surface area (TPSA) is 118 Å². The van der Waals surface area contributed by atoms with Gasteiger partial charge in [-0.2, -0.15) is 0 Å². The van der Waals surface area contributed by atoms with Gasteiger partial charge in [0.25, 0.3) is 0 Å². The number of carbonyl (C=O) groups excluding carboxylic acids is 2. The number of carbonyl (C=O) groups is 2. The first-order valence-electron chi connectivity index (χ1n) is 11.1. The van der Waals surface area contributed by atoms with Crippen molar-refractivity contribution in [2.24, 2.45) is 5.73 Å². The van der Waals surface area contributed by atoms with Gasteiger partial charge in [0.2, 0.25) is 5.91 Å². The molecule has 2 aromatic carbocycles. The summed E-state index contributed by atoms with van der Waals surface area (Å²) in [4.78, 5) is 24.5. The zero-order valence-corrected chi connectivity index (χ0v) is 20.1. The number of nitrogens with zero attached hydrogens (tertiary/aromatic N) is 1. The predicted octanol–water partition coefficient (Wildman–Crippen LogP) is 2.94. The largest absolute Gasteiger partial charge is 0.481 e. The molecule has 4 rings (SSSR count). The summed E-state index contributed by atoms with van der Waals surface area (Å²) in [6.45, 7) is 0.0364. The van der Waals surface area contributed by atoms with Gasteiger partial charge < -0.3 is 19.8 Å². The average molecular weight is 485 g/mol. The minimum atomic E-state index is -3.44. The Hall–Kier alpha value is -3.33. The molecule has 8 nitrogen and oxygen atoms in total. The Balaban J connectivity index is 1.96. The second-order valence-corrected chi connectivity index (χ2v) is 10.5. The molecule has 0 bridgehead atoms. The number of methoxy groups -OCH3 is 1. The molecule has 2 N–H and O–H groups in total. The lowest BCUT2D eigenvalue weighted by Crippen LogP contribution is -2.22. The van der Waals surface area contributed by atoms with E-state index in [9.17, 15) is 18.0 Å². The van der Waals surface area contributed by atoms with Crippen molar-refractivity contribution >= 4 is 32.6 Å². The normalized spacial score (nSPS) is 16.0. The van der Waals surface area contributed by atoms with Crippen LogP contribution in [0.5, 0.6) is 5.75 Å². The summed E-state index contributed by atoms with van der Waals surface area (Å²) < 4.78 is 37.4. The van der Waals surface area contributed by atoms with Crippen LogP contribution >= 0.6 is 0 Å². The van der Waals surface area contributed by atoms with E-state index in [0.29, 0.717) is 30.7 Å². The number of benzene rings is 2. The molecule has 0 spiro atoms. The molecular weight excluding hydrogens is 456 g/mol. The van der Waals surface area contributed by atoms with Crippen molar-refractivity contribution in [1.82, 2.24) is 4.57 Å². The summed E-state index contributed by atoms with van der Waals surface area (Å²) in [5, 5.41) is 0.726. The number of esters is 1. The highest BCUT2D eigenvalue weighted by molar-refractivity contribution is 7.90. The quantitative estimate of drug-likeness (QED) is 0.407. The fourth-order valence-corrected chi connectivity index (χ4v) is 5.76. The maximum atomic E-state index is 12.5. The van der Waals surface area contributed by atoms with Crippen molar-refractivity contribution in [3.8, 4) is 5.75 Å². The van der Waals surface area contributed by atoms with Gasteiger partial charge >= 0.3 is 5.97 Å². The van der Waals surface area contributed by atoms with Crippen molar-refractivity contribution in [3.63, 3.8) is 0 Å². The third kappa shape index (κ3) is 4.52. The number of rotatable bonds is 7. The number of aromatic nitrogens is 1. The van der Waals surface area contributed by atoms with Crippen molar-refractivity contribution in [2.45, 2.75) is 43.0 Å². The lowest BCUT2D eigenvalue weighted by molar-refractivity contribution is -0.142. The van der Waals surface area contributed by atoms with E-state index in [2.05, 4.69) is 4.57 Å². The minimum absolute atomic E-state index is 0.267. The number of nitrogens with two attached hydrogens (primary N) is 1. The van der Waals surface area contributed by atoms with E-state index in [1.807, 2.05) is 18.2 Å². The van der Waals surface area contributed by atoms with Crippen LogP contribution in [-0.2, 0) is 37.1 Å². The second kappa shape index (κ2) is 9.50. The molecule has 9 heteroatoms. The Morgan fingerprint density at radius 3 is 2.59 bits per heavy atom. The number of sulfone groups is 1. The number of hydrogen-bond donors (Lipinski definition) is 1. The van der Waals surface area contributed by atoms with Gasteiger partial charge in [-0.05, 0) is 48.6 Å². The first-order chi connectivity index (χ1) is 16.2. The molecule has 3 aromatic rings. The van der Waals surface area contributed by atoms with Crippen LogP contribution in [0.3, 0.4) is 0 Å². The van der Waals surface area contributed by atoms with Gasteiger partial charge in [0.15, 0.2) is 16.4 Å². The van der Waals surface area contributed by atoms with Crippen LogP contribution in [0.4, 0.5) is 0 Å². The zero-order valence-electron chi connectivity index (χ0n) is 19.2. The first kappa shape index (κ1) is 23.8. The SMILES string of the molecule is COC(=O)COc1cccc2c1c1c(n2Cc2ccccc2S(C)(=O)=O)CCCCC1C(N)=O. The van der Waals surface area contributed by atoms with Crippen LogP contribution in [-0.4, -0.2) is 44.8 Å².